The van der Waals surface area contributed by atoms with Crippen LogP contribution in [-0.4, -0.2) is 16.2 Å². The molecule has 0 saturated heterocycles. The second-order valence-electron chi connectivity index (χ2n) is 8.26. The van der Waals surface area contributed by atoms with E-state index in [1.54, 1.807) is 24.4 Å². The molecule has 0 radical (unpaired) electrons. The normalized spacial score (nSPS) is 11.1. The van der Waals surface area contributed by atoms with Gasteiger partial charge in [0.05, 0.1) is 29.3 Å². The maximum absolute atomic E-state index is 14.6. The molecule has 5 aromatic rings. The van der Waals surface area contributed by atoms with Gasteiger partial charge in [0, 0.05) is 29.5 Å². The molecule has 4 nitrogen and oxygen atoms in total. The first-order valence-electron chi connectivity index (χ1n) is 11.4. The van der Waals surface area contributed by atoms with Crippen LogP contribution in [0.25, 0.3) is 33.2 Å². The van der Waals surface area contributed by atoms with E-state index in [-0.39, 0.29) is 17.7 Å². The lowest BCUT2D eigenvalue weighted by atomic mass is 10.0. The van der Waals surface area contributed by atoms with Gasteiger partial charge < -0.3 is 9.30 Å². The number of nitrogens with zero attached hydrogens (tertiary/aromatic N) is 2. The minimum absolute atomic E-state index is 0.0870. The first-order valence-corrected chi connectivity index (χ1v) is 11.8. The van der Waals surface area contributed by atoms with Crippen LogP contribution in [0.1, 0.15) is 12.5 Å². The molecule has 0 fully saturated rings. The fraction of sp³-hybridized carbons (Fsp3) is 0.103. The average molecular weight is 503 g/mol. The highest BCUT2D eigenvalue weighted by Crippen LogP contribution is 2.30. The van der Waals surface area contributed by atoms with E-state index >= 15 is 0 Å². The maximum Gasteiger partial charge on any atom is 0.260 e. The number of pyridine rings is 2. The third kappa shape index (κ3) is 4.60. The summed E-state index contributed by atoms with van der Waals surface area (Å²) >= 11 is 6.37. The van der Waals surface area contributed by atoms with Crippen molar-refractivity contribution in [2.75, 3.05) is 6.61 Å². The summed E-state index contributed by atoms with van der Waals surface area (Å²) in [6.07, 6.45) is 1.73. The van der Waals surface area contributed by atoms with Gasteiger partial charge in [-0.2, -0.15) is 0 Å². The Balaban J connectivity index is 1.67. The van der Waals surface area contributed by atoms with Crippen molar-refractivity contribution in [3.8, 4) is 28.3 Å². The van der Waals surface area contributed by atoms with Gasteiger partial charge in [0.2, 0.25) is 5.88 Å². The minimum Gasteiger partial charge on any atom is -0.478 e. The summed E-state index contributed by atoms with van der Waals surface area (Å²) in [7, 11) is 0. The maximum atomic E-state index is 14.6. The molecule has 0 spiro atoms. The van der Waals surface area contributed by atoms with Crippen molar-refractivity contribution in [3.63, 3.8) is 0 Å². The molecule has 3 aromatic carbocycles. The zero-order valence-electron chi connectivity index (χ0n) is 19.3. The summed E-state index contributed by atoms with van der Waals surface area (Å²) in [5, 5.41) is 1.33. The van der Waals surface area contributed by atoms with Gasteiger partial charge in [-0.15, -0.1) is 0 Å². The predicted octanol–water partition coefficient (Wildman–Crippen LogP) is 7.11. The fourth-order valence-electron chi connectivity index (χ4n) is 4.22. The van der Waals surface area contributed by atoms with Gasteiger partial charge in [-0.05, 0) is 53.8 Å². The third-order valence-electron chi connectivity index (χ3n) is 5.95. The zero-order chi connectivity index (χ0) is 25.2. The van der Waals surface area contributed by atoms with E-state index in [4.69, 9.17) is 16.3 Å². The first kappa shape index (κ1) is 23.7. The Hall–Kier alpha value is -4.03. The number of hydrogen-bond acceptors (Lipinski definition) is 3. The number of aromatic nitrogens is 2. The van der Waals surface area contributed by atoms with Gasteiger partial charge in [-0.1, -0.05) is 48.0 Å². The number of ether oxygens (including phenoxy) is 1. The van der Waals surface area contributed by atoms with E-state index in [9.17, 15) is 13.6 Å². The van der Waals surface area contributed by atoms with Crippen molar-refractivity contribution in [1.29, 1.82) is 0 Å². The van der Waals surface area contributed by atoms with Crippen LogP contribution in [0.15, 0.2) is 89.9 Å². The standard InChI is InChI=1S/C29H21ClF2N2O2/c1-2-36-27-12-10-21(16-33-27)18-5-3-6-19(13-18)26-14-20-7-4-8-24(30)28(20)29(35)34(26)17-22-9-11-23(31)15-25(22)32/h3-16H,2,17H2,1H3. The molecule has 0 aliphatic carbocycles. The highest BCUT2D eigenvalue weighted by atomic mass is 35.5. The lowest BCUT2D eigenvalue weighted by Crippen LogP contribution is -2.23. The highest BCUT2D eigenvalue weighted by molar-refractivity contribution is 6.35. The number of rotatable bonds is 6. The van der Waals surface area contributed by atoms with Crippen molar-refractivity contribution >= 4 is 22.4 Å². The van der Waals surface area contributed by atoms with Crippen molar-refractivity contribution in [2.24, 2.45) is 0 Å². The largest absolute Gasteiger partial charge is 0.478 e. The number of halogens is 3. The summed E-state index contributed by atoms with van der Waals surface area (Å²) in [5.41, 5.74) is 2.94. The summed E-state index contributed by atoms with van der Waals surface area (Å²) in [4.78, 5) is 18.0. The lowest BCUT2D eigenvalue weighted by Gasteiger charge is -2.17. The van der Waals surface area contributed by atoms with E-state index in [0.717, 1.165) is 22.8 Å². The van der Waals surface area contributed by atoms with E-state index in [0.29, 0.717) is 34.0 Å². The summed E-state index contributed by atoms with van der Waals surface area (Å²) < 4.78 is 35.0. The van der Waals surface area contributed by atoms with E-state index in [2.05, 4.69) is 4.98 Å². The van der Waals surface area contributed by atoms with Crippen LogP contribution >= 0.6 is 11.6 Å². The smallest absolute Gasteiger partial charge is 0.260 e. The SMILES string of the molecule is CCOc1ccc(-c2cccc(-c3cc4cccc(Cl)c4c(=O)n3Cc3ccc(F)cc3F)c2)cn1. The van der Waals surface area contributed by atoms with Crippen LogP contribution in [0, 0.1) is 11.6 Å². The van der Waals surface area contributed by atoms with E-state index in [1.165, 1.54) is 16.7 Å². The predicted molar refractivity (Wildman–Crippen MR) is 139 cm³/mol. The van der Waals surface area contributed by atoms with Crippen LogP contribution in [0.3, 0.4) is 0 Å². The lowest BCUT2D eigenvalue weighted by molar-refractivity contribution is 0.327. The quantitative estimate of drug-likeness (QED) is 0.248. The molecule has 0 N–H and O–H groups in total. The topological polar surface area (TPSA) is 44.1 Å². The number of fused-ring (bicyclic) bond motifs is 1. The molecule has 0 bridgehead atoms. The molecule has 0 unspecified atom stereocenters. The Kier molecular flexibility index (Phi) is 6.53. The first-order chi connectivity index (χ1) is 17.4. The number of hydrogen-bond donors (Lipinski definition) is 0. The molecule has 0 aliphatic heterocycles. The molecular weight excluding hydrogens is 482 g/mol. The van der Waals surface area contributed by atoms with Gasteiger partial charge in [-0.25, -0.2) is 13.8 Å². The van der Waals surface area contributed by atoms with Crippen LogP contribution < -0.4 is 10.3 Å². The van der Waals surface area contributed by atoms with Crippen LogP contribution in [0.2, 0.25) is 5.02 Å². The van der Waals surface area contributed by atoms with Gasteiger partial charge in [-0.3, -0.25) is 4.79 Å². The van der Waals surface area contributed by atoms with Crippen molar-refractivity contribution < 1.29 is 13.5 Å². The highest BCUT2D eigenvalue weighted by Gasteiger charge is 2.16. The molecule has 0 atom stereocenters. The van der Waals surface area contributed by atoms with Gasteiger partial charge in [0.15, 0.2) is 0 Å². The second kappa shape index (κ2) is 9.91. The van der Waals surface area contributed by atoms with Crippen LogP contribution in [-0.2, 0) is 6.54 Å². The minimum atomic E-state index is -0.721. The molecule has 180 valence electrons. The van der Waals surface area contributed by atoms with Gasteiger partial charge >= 0.3 is 0 Å². The van der Waals surface area contributed by atoms with Gasteiger partial charge in [0.1, 0.15) is 11.6 Å². The Morgan fingerprint density at radius 2 is 1.72 bits per heavy atom. The molecule has 0 aliphatic rings. The Bertz CT molecular complexity index is 1630. The molecule has 0 amide bonds. The molecule has 7 heteroatoms. The van der Waals surface area contributed by atoms with Gasteiger partial charge in [0.25, 0.3) is 5.56 Å². The number of benzene rings is 3. The van der Waals surface area contributed by atoms with Crippen molar-refractivity contribution in [1.82, 2.24) is 9.55 Å². The summed E-state index contributed by atoms with van der Waals surface area (Å²) in [6.45, 7) is 2.34. The monoisotopic (exact) mass is 502 g/mol. The van der Waals surface area contributed by atoms with Crippen LogP contribution in [0.4, 0.5) is 8.78 Å². The second-order valence-corrected chi connectivity index (χ2v) is 8.67. The van der Waals surface area contributed by atoms with E-state index < -0.39 is 11.6 Å². The van der Waals surface area contributed by atoms with Crippen molar-refractivity contribution in [2.45, 2.75) is 13.5 Å². The Labute approximate surface area is 211 Å². The fourth-order valence-corrected chi connectivity index (χ4v) is 4.48. The van der Waals surface area contributed by atoms with Crippen molar-refractivity contribution in [3.05, 3.63) is 118 Å². The zero-order valence-corrected chi connectivity index (χ0v) is 20.1. The Morgan fingerprint density at radius 3 is 2.47 bits per heavy atom. The molecule has 2 aromatic heterocycles. The Morgan fingerprint density at radius 1 is 0.917 bits per heavy atom. The molecule has 0 saturated carbocycles. The van der Waals surface area contributed by atoms with E-state index in [1.807, 2.05) is 49.4 Å². The van der Waals surface area contributed by atoms with Crippen LogP contribution in [0.5, 0.6) is 5.88 Å². The average Bonchev–Trinajstić information content (AvgIpc) is 2.87. The summed E-state index contributed by atoms with van der Waals surface area (Å²) in [5.74, 6) is -0.859. The third-order valence-corrected chi connectivity index (χ3v) is 6.27. The molecular formula is C29H21ClF2N2O2. The molecule has 36 heavy (non-hydrogen) atoms. The molecule has 2 heterocycles. The molecule has 5 rings (SSSR count). The summed E-state index contributed by atoms with van der Waals surface area (Å²) in [6, 6.07) is 21.8.